The van der Waals surface area contributed by atoms with Crippen LogP contribution in [0.5, 0.6) is 0 Å². The lowest BCUT2D eigenvalue weighted by Crippen LogP contribution is -2.38. The first-order valence-electron chi connectivity index (χ1n) is 3.28. The second-order valence-electron chi connectivity index (χ2n) is 2.81. The largest absolute Gasteiger partial charge is 0.292 e. The van der Waals surface area contributed by atoms with Crippen LogP contribution in [0.2, 0.25) is 0 Å². The Morgan fingerprint density at radius 3 is 2.60 bits per heavy atom. The van der Waals surface area contributed by atoms with Gasteiger partial charge in [0, 0.05) is 6.08 Å². The number of hydrogen-bond acceptors (Lipinski definition) is 2. The van der Waals surface area contributed by atoms with E-state index in [1.54, 1.807) is 6.08 Å². The van der Waals surface area contributed by atoms with Crippen molar-refractivity contribution in [2.75, 3.05) is 0 Å². The molecule has 1 aliphatic carbocycles. The Labute approximate surface area is 58.1 Å². The van der Waals surface area contributed by atoms with Crippen LogP contribution in [0.4, 0.5) is 0 Å². The number of carbonyl (C=O) groups excluding carboxylic acids is 2. The number of nitrogens with one attached hydrogen (secondary N) is 1. The molecule has 0 saturated heterocycles. The molecule has 3 nitrogen and oxygen atoms in total. The molecule has 0 aromatic rings. The van der Waals surface area contributed by atoms with Crippen LogP contribution in [0.1, 0.15) is 12.8 Å². The molecule has 0 unspecified atom stereocenters. The Hall–Kier alpha value is -1.12. The summed E-state index contributed by atoms with van der Waals surface area (Å²) in [5, 5.41) is 2.27. The zero-order valence-electron chi connectivity index (χ0n) is 5.39. The maximum atomic E-state index is 11.0. The molecule has 1 heterocycles. The highest BCUT2D eigenvalue weighted by atomic mass is 16.2. The Balaban J connectivity index is 2.33. The van der Waals surface area contributed by atoms with Crippen molar-refractivity contribution >= 4 is 11.8 Å². The molecule has 1 spiro atoms. The molecule has 1 fully saturated rings. The second kappa shape index (κ2) is 1.48. The van der Waals surface area contributed by atoms with Gasteiger partial charge in [-0.05, 0) is 12.8 Å². The van der Waals surface area contributed by atoms with Gasteiger partial charge >= 0.3 is 0 Å². The first-order valence-corrected chi connectivity index (χ1v) is 3.28. The Kier molecular flexibility index (Phi) is 0.836. The van der Waals surface area contributed by atoms with Gasteiger partial charge < -0.3 is 0 Å². The maximum absolute atomic E-state index is 11.0. The van der Waals surface area contributed by atoms with E-state index in [0.29, 0.717) is 0 Å². The van der Waals surface area contributed by atoms with Crippen LogP contribution in [-0.2, 0) is 9.59 Å². The first-order chi connectivity index (χ1) is 4.73. The maximum Gasteiger partial charge on any atom is 0.250 e. The van der Waals surface area contributed by atoms with Gasteiger partial charge in [-0.15, -0.1) is 0 Å². The molecule has 0 atom stereocenters. The first kappa shape index (κ1) is 5.65. The molecule has 2 amide bonds. The van der Waals surface area contributed by atoms with Gasteiger partial charge in [-0.1, -0.05) is 6.08 Å². The monoisotopic (exact) mass is 137 g/mol. The quantitative estimate of drug-likeness (QED) is 0.477. The molecule has 0 aromatic heterocycles. The van der Waals surface area contributed by atoms with Crippen molar-refractivity contribution in [2.24, 2.45) is 5.41 Å². The van der Waals surface area contributed by atoms with Gasteiger partial charge in [0.25, 0.3) is 0 Å². The molecule has 0 bridgehead atoms. The predicted octanol–water partition coefficient (Wildman–Crippen LogP) is -0.0208. The molecular weight excluding hydrogens is 130 g/mol. The van der Waals surface area contributed by atoms with E-state index in [-0.39, 0.29) is 17.2 Å². The molecule has 0 radical (unpaired) electrons. The summed E-state index contributed by atoms with van der Waals surface area (Å²) >= 11 is 0. The molecule has 2 aliphatic rings. The number of carbonyl (C=O) groups is 2. The Bertz CT molecular complexity index is 238. The van der Waals surface area contributed by atoms with E-state index < -0.39 is 0 Å². The van der Waals surface area contributed by atoms with Crippen molar-refractivity contribution < 1.29 is 9.59 Å². The normalized spacial score (nSPS) is 26.8. The average molecular weight is 137 g/mol. The second-order valence-corrected chi connectivity index (χ2v) is 2.81. The summed E-state index contributed by atoms with van der Waals surface area (Å²) < 4.78 is 0. The minimum Gasteiger partial charge on any atom is -0.292 e. The molecular formula is C7H7NO2. The minimum absolute atomic E-state index is 0.125. The van der Waals surface area contributed by atoms with E-state index in [4.69, 9.17) is 0 Å². The lowest BCUT2D eigenvalue weighted by Gasteiger charge is -2.12. The lowest BCUT2D eigenvalue weighted by molar-refractivity contribution is -0.131. The van der Waals surface area contributed by atoms with Crippen molar-refractivity contribution in [3.8, 4) is 0 Å². The van der Waals surface area contributed by atoms with Gasteiger partial charge in [0.2, 0.25) is 11.8 Å². The summed E-state index contributed by atoms with van der Waals surface area (Å²) in [6.45, 7) is 0. The molecule has 1 aliphatic heterocycles. The standard InChI is InChI=1S/C7H7NO2/c9-5-1-2-7(3-4-7)6(10)8-5/h1-2H,3-4H2,(H,8,9,10). The third-order valence-corrected chi connectivity index (χ3v) is 2.03. The fraction of sp³-hybridized carbons (Fsp3) is 0.429. The summed E-state index contributed by atoms with van der Waals surface area (Å²) in [5.41, 5.74) is -0.284. The van der Waals surface area contributed by atoms with E-state index in [2.05, 4.69) is 5.32 Å². The molecule has 1 N–H and O–H groups in total. The average Bonchev–Trinajstić information content (AvgIpc) is 2.62. The van der Waals surface area contributed by atoms with Gasteiger partial charge in [-0.25, -0.2) is 0 Å². The van der Waals surface area contributed by atoms with Gasteiger partial charge in [0.15, 0.2) is 0 Å². The summed E-state index contributed by atoms with van der Waals surface area (Å²) in [4.78, 5) is 21.6. The lowest BCUT2D eigenvalue weighted by atomic mass is 10.0. The van der Waals surface area contributed by atoms with E-state index in [1.165, 1.54) is 6.08 Å². The van der Waals surface area contributed by atoms with Gasteiger partial charge in [0.1, 0.15) is 0 Å². The van der Waals surface area contributed by atoms with E-state index >= 15 is 0 Å². The Morgan fingerprint density at radius 2 is 2.10 bits per heavy atom. The molecule has 10 heavy (non-hydrogen) atoms. The predicted molar refractivity (Wildman–Crippen MR) is 34.0 cm³/mol. The number of hydrogen-bond donors (Lipinski definition) is 1. The highest BCUT2D eigenvalue weighted by Crippen LogP contribution is 2.48. The zero-order chi connectivity index (χ0) is 7.19. The van der Waals surface area contributed by atoms with Crippen molar-refractivity contribution in [3.63, 3.8) is 0 Å². The van der Waals surface area contributed by atoms with Gasteiger partial charge in [-0.3, -0.25) is 14.9 Å². The fourth-order valence-electron chi connectivity index (χ4n) is 1.12. The topological polar surface area (TPSA) is 46.2 Å². The summed E-state index contributed by atoms with van der Waals surface area (Å²) in [6.07, 6.45) is 4.94. The van der Waals surface area contributed by atoms with Crippen LogP contribution in [0.25, 0.3) is 0 Å². The van der Waals surface area contributed by atoms with E-state index in [0.717, 1.165) is 12.8 Å². The Morgan fingerprint density at radius 1 is 1.40 bits per heavy atom. The minimum atomic E-state index is -0.289. The molecule has 1 saturated carbocycles. The molecule has 3 heteroatoms. The number of rotatable bonds is 0. The molecule has 2 rings (SSSR count). The smallest absolute Gasteiger partial charge is 0.250 e. The van der Waals surface area contributed by atoms with Crippen LogP contribution >= 0.6 is 0 Å². The summed E-state index contributed by atoms with van der Waals surface area (Å²) in [6, 6.07) is 0. The van der Waals surface area contributed by atoms with Crippen molar-refractivity contribution in [3.05, 3.63) is 12.2 Å². The van der Waals surface area contributed by atoms with Crippen LogP contribution in [0.15, 0.2) is 12.2 Å². The van der Waals surface area contributed by atoms with Gasteiger partial charge in [-0.2, -0.15) is 0 Å². The third-order valence-electron chi connectivity index (χ3n) is 2.03. The zero-order valence-corrected chi connectivity index (χ0v) is 5.39. The SMILES string of the molecule is O=C1C=CC2(CC2)C(=O)N1. The highest BCUT2D eigenvalue weighted by molar-refractivity contribution is 6.07. The van der Waals surface area contributed by atoms with Crippen LogP contribution in [-0.4, -0.2) is 11.8 Å². The summed E-state index contributed by atoms with van der Waals surface area (Å²) in [7, 11) is 0. The fourth-order valence-corrected chi connectivity index (χ4v) is 1.12. The van der Waals surface area contributed by atoms with Crippen LogP contribution in [0.3, 0.4) is 0 Å². The number of amides is 2. The number of imide groups is 1. The third kappa shape index (κ3) is 0.602. The van der Waals surface area contributed by atoms with Crippen LogP contribution < -0.4 is 5.32 Å². The van der Waals surface area contributed by atoms with E-state index in [1.807, 2.05) is 0 Å². The van der Waals surface area contributed by atoms with Crippen molar-refractivity contribution in [1.29, 1.82) is 0 Å². The van der Waals surface area contributed by atoms with Crippen molar-refractivity contribution in [2.45, 2.75) is 12.8 Å². The highest BCUT2D eigenvalue weighted by Gasteiger charge is 2.49. The molecule has 0 aromatic carbocycles. The van der Waals surface area contributed by atoms with Crippen LogP contribution in [0, 0.1) is 5.41 Å². The van der Waals surface area contributed by atoms with Crippen molar-refractivity contribution in [1.82, 2.24) is 5.32 Å². The summed E-state index contributed by atoms with van der Waals surface area (Å²) in [5.74, 6) is -0.414. The molecule has 52 valence electrons. The van der Waals surface area contributed by atoms with E-state index in [9.17, 15) is 9.59 Å². The van der Waals surface area contributed by atoms with Gasteiger partial charge in [0.05, 0.1) is 5.41 Å².